The van der Waals surface area contributed by atoms with Gasteiger partial charge in [-0.15, -0.1) is 0 Å². The molecule has 5 rings (SSSR count). The summed E-state index contributed by atoms with van der Waals surface area (Å²) in [5, 5.41) is 0. The Bertz CT molecular complexity index is 929. The predicted octanol–water partition coefficient (Wildman–Crippen LogP) is 6.14. The third-order valence-corrected chi connectivity index (χ3v) is 9.26. The van der Waals surface area contributed by atoms with E-state index in [0.29, 0.717) is 23.5 Å². The molecule has 0 aliphatic heterocycles. The van der Waals surface area contributed by atoms with Crippen molar-refractivity contribution in [1.29, 1.82) is 0 Å². The lowest BCUT2D eigenvalue weighted by atomic mass is 9.48. The van der Waals surface area contributed by atoms with E-state index in [2.05, 4.69) is 19.9 Å². The third kappa shape index (κ3) is 3.50. The molecule has 0 saturated heterocycles. The molecule has 3 heteroatoms. The fourth-order valence-corrected chi connectivity index (χ4v) is 7.43. The second kappa shape index (κ2) is 7.76. The first-order chi connectivity index (χ1) is 14.9. The summed E-state index contributed by atoms with van der Waals surface area (Å²) in [6.45, 7) is 4.69. The number of ether oxygens (including phenoxy) is 1. The van der Waals surface area contributed by atoms with Gasteiger partial charge >= 0.3 is 5.97 Å². The van der Waals surface area contributed by atoms with Crippen LogP contribution in [0, 0.1) is 28.6 Å². The lowest BCUT2D eigenvalue weighted by Crippen LogP contribution is -2.50. The maximum atomic E-state index is 12.6. The average molecular weight is 419 g/mol. The molecule has 3 saturated carbocycles. The average Bonchev–Trinajstić information content (AvgIpc) is 3.08. The highest BCUT2D eigenvalue weighted by atomic mass is 16.5. The quantitative estimate of drug-likeness (QED) is 0.336. The molecule has 3 nitrogen and oxygen atoms in total. The first-order valence-electron chi connectivity index (χ1n) is 12.1. The number of Topliss-reactive ketones (excluding diaryl/α,β-unsaturated/α-hetero) is 1. The molecule has 0 bridgehead atoms. The van der Waals surface area contributed by atoms with Crippen LogP contribution in [0.5, 0.6) is 0 Å². The molecule has 0 N–H and O–H groups in total. The molecule has 6 atom stereocenters. The number of carbonyl (C=O) groups excluding carboxylic acids is 2. The second-order valence-corrected chi connectivity index (χ2v) is 10.7. The van der Waals surface area contributed by atoms with E-state index in [4.69, 9.17) is 4.74 Å². The molecule has 0 radical (unpaired) electrons. The van der Waals surface area contributed by atoms with Gasteiger partial charge in [0.05, 0.1) is 0 Å². The van der Waals surface area contributed by atoms with Crippen molar-refractivity contribution in [1.82, 2.24) is 0 Å². The number of fused-ring (bicyclic) bond motifs is 5. The van der Waals surface area contributed by atoms with Crippen LogP contribution in [-0.2, 0) is 14.3 Å². The van der Waals surface area contributed by atoms with Crippen molar-refractivity contribution in [2.75, 3.05) is 0 Å². The molecule has 0 heterocycles. The van der Waals surface area contributed by atoms with Gasteiger partial charge in [-0.05, 0) is 73.3 Å². The summed E-state index contributed by atoms with van der Waals surface area (Å²) >= 11 is 0. The van der Waals surface area contributed by atoms with Gasteiger partial charge < -0.3 is 4.74 Å². The van der Waals surface area contributed by atoms with Crippen LogP contribution in [-0.4, -0.2) is 17.9 Å². The Kier molecular flexibility index (Phi) is 5.19. The van der Waals surface area contributed by atoms with E-state index in [1.807, 2.05) is 36.4 Å². The van der Waals surface area contributed by atoms with Gasteiger partial charge in [-0.1, -0.05) is 55.8 Å². The van der Waals surface area contributed by atoms with Crippen molar-refractivity contribution >= 4 is 17.8 Å². The van der Waals surface area contributed by atoms with E-state index in [0.717, 1.165) is 50.5 Å². The molecular weight excluding hydrogens is 384 g/mol. The molecule has 1 aromatic rings. The molecule has 31 heavy (non-hydrogen) atoms. The van der Waals surface area contributed by atoms with Gasteiger partial charge in [-0.25, -0.2) is 4.79 Å². The zero-order valence-corrected chi connectivity index (χ0v) is 18.8. The second-order valence-electron chi connectivity index (χ2n) is 10.7. The number of hydrogen-bond acceptors (Lipinski definition) is 3. The summed E-state index contributed by atoms with van der Waals surface area (Å²) in [6, 6.07) is 9.85. The minimum Gasteiger partial charge on any atom is -0.459 e. The minimum atomic E-state index is -0.246. The fourth-order valence-electron chi connectivity index (χ4n) is 7.43. The van der Waals surface area contributed by atoms with E-state index in [-0.39, 0.29) is 22.9 Å². The van der Waals surface area contributed by atoms with Crippen LogP contribution < -0.4 is 0 Å². The van der Waals surface area contributed by atoms with Crippen LogP contribution in [0.25, 0.3) is 6.08 Å². The van der Waals surface area contributed by atoms with Gasteiger partial charge in [-0.2, -0.15) is 0 Å². The first-order valence-corrected chi connectivity index (χ1v) is 12.1. The van der Waals surface area contributed by atoms with Crippen molar-refractivity contribution in [2.24, 2.45) is 28.6 Å². The highest BCUT2D eigenvalue weighted by molar-refractivity contribution is 5.87. The standard InChI is InChI=1S/C28H34O3/c1-27-16-14-21(31-26(30)13-8-19-6-4-3-5-7-19)18-20(27)9-10-22-23-11-12-25(29)28(23,2)17-15-24(22)27/h3-9,13,21-24H,10-12,14-18H2,1-2H3. The van der Waals surface area contributed by atoms with Gasteiger partial charge in [0.25, 0.3) is 0 Å². The molecule has 4 aliphatic carbocycles. The minimum absolute atomic E-state index is 0.0225. The topological polar surface area (TPSA) is 43.4 Å². The highest BCUT2D eigenvalue weighted by Crippen LogP contribution is 2.64. The van der Waals surface area contributed by atoms with Gasteiger partial charge in [-0.3, -0.25) is 4.79 Å². The van der Waals surface area contributed by atoms with Crippen molar-refractivity contribution in [2.45, 2.75) is 71.3 Å². The number of allylic oxidation sites excluding steroid dienone is 1. The largest absolute Gasteiger partial charge is 0.459 e. The number of hydrogen-bond donors (Lipinski definition) is 0. The van der Waals surface area contributed by atoms with Crippen LogP contribution in [0.1, 0.15) is 70.8 Å². The normalized spacial score (nSPS) is 39.4. The smallest absolute Gasteiger partial charge is 0.331 e. The number of ketones is 1. The van der Waals surface area contributed by atoms with Crippen LogP contribution >= 0.6 is 0 Å². The van der Waals surface area contributed by atoms with Crippen molar-refractivity contribution in [3.05, 3.63) is 53.6 Å². The number of rotatable bonds is 3. The Labute approximate surface area is 185 Å². The summed E-state index contributed by atoms with van der Waals surface area (Å²) in [6.07, 6.45) is 13.9. The van der Waals surface area contributed by atoms with Crippen molar-refractivity contribution in [3.63, 3.8) is 0 Å². The number of carbonyl (C=O) groups is 2. The summed E-state index contributed by atoms with van der Waals surface area (Å²) < 4.78 is 5.83. The van der Waals surface area contributed by atoms with Gasteiger partial charge in [0, 0.05) is 24.3 Å². The van der Waals surface area contributed by atoms with Gasteiger partial charge in [0.2, 0.25) is 0 Å². The molecule has 0 amide bonds. The molecule has 164 valence electrons. The van der Waals surface area contributed by atoms with Crippen molar-refractivity contribution in [3.8, 4) is 0 Å². The lowest BCUT2D eigenvalue weighted by Gasteiger charge is -2.56. The summed E-state index contributed by atoms with van der Waals surface area (Å²) in [4.78, 5) is 25.0. The Morgan fingerprint density at radius 2 is 1.77 bits per heavy atom. The predicted molar refractivity (Wildman–Crippen MR) is 122 cm³/mol. The van der Waals surface area contributed by atoms with E-state index in [1.54, 1.807) is 6.08 Å². The van der Waals surface area contributed by atoms with Gasteiger partial charge in [0.15, 0.2) is 0 Å². The maximum absolute atomic E-state index is 12.6. The molecule has 0 aromatic heterocycles. The third-order valence-electron chi connectivity index (χ3n) is 9.26. The van der Waals surface area contributed by atoms with E-state index >= 15 is 0 Å². The van der Waals surface area contributed by atoms with Crippen molar-refractivity contribution < 1.29 is 14.3 Å². The van der Waals surface area contributed by atoms with Crippen LogP contribution in [0.2, 0.25) is 0 Å². The Hall–Kier alpha value is -2.16. The SMILES string of the molecule is CC12CCC3C(CC=C4CC(OC(=O)C=Cc5ccccc5)CCC43C)C1CCC2=O. The first kappa shape index (κ1) is 20.7. The highest BCUT2D eigenvalue weighted by Gasteiger charge is 2.58. The fraction of sp³-hybridized carbons (Fsp3) is 0.571. The number of benzene rings is 1. The Morgan fingerprint density at radius 1 is 1.03 bits per heavy atom. The Balaban J connectivity index is 1.26. The Morgan fingerprint density at radius 3 is 2.58 bits per heavy atom. The maximum Gasteiger partial charge on any atom is 0.331 e. The van der Waals surface area contributed by atoms with Crippen LogP contribution in [0.4, 0.5) is 0 Å². The zero-order chi connectivity index (χ0) is 21.6. The van der Waals surface area contributed by atoms with E-state index in [9.17, 15) is 9.59 Å². The monoisotopic (exact) mass is 418 g/mol. The van der Waals surface area contributed by atoms with Gasteiger partial charge in [0.1, 0.15) is 11.9 Å². The molecular formula is C28H34O3. The summed E-state index contributed by atoms with van der Waals surface area (Å²) in [5.41, 5.74) is 2.64. The molecule has 0 spiro atoms. The summed E-state index contributed by atoms with van der Waals surface area (Å²) in [7, 11) is 0. The summed E-state index contributed by atoms with van der Waals surface area (Å²) in [5.74, 6) is 2.14. The van der Waals surface area contributed by atoms with Crippen LogP contribution in [0.15, 0.2) is 48.1 Å². The number of esters is 1. The zero-order valence-electron chi connectivity index (χ0n) is 18.8. The molecule has 4 aliphatic rings. The van der Waals surface area contributed by atoms with Crippen LogP contribution in [0.3, 0.4) is 0 Å². The van der Waals surface area contributed by atoms with E-state index < -0.39 is 0 Å². The molecule has 3 fully saturated rings. The van der Waals surface area contributed by atoms with E-state index in [1.165, 1.54) is 12.0 Å². The molecule has 1 aromatic carbocycles. The molecule has 6 unspecified atom stereocenters. The lowest BCUT2D eigenvalue weighted by molar-refractivity contribution is -0.145.